The normalized spacial score (nSPS) is 13.5. The minimum Gasteiger partial charge on any atom is -0.358 e. The molecule has 1 atom stereocenters. The van der Waals surface area contributed by atoms with E-state index in [4.69, 9.17) is 15.5 Å². The fraction of sp³-hybridized carbons (Fsp3) is 0.875. The van der Waals surface area contributed by atoms with E-state index in [-0.39, 0.29) is 5.91 Å². The van der Waals surface area contributed by atoms with Crippen LogP contribution in [0.1, 0.15) is 19.3 Å². The third-order valence-electron chi connectivity index (χ3n) is 2.05. The van der Waals surface area contributed by atoms with Crippen LogP contribution in [0.3, 0.4) is 0 Å². The topological polar surface area (TPSA) is 125 Å². The van der Waals surface area contributed by atoms with Gasteiger partial charge in [0.05, 0.1) is 12.3 Å². The Hall–Kier alpha value is -0.460. The molecule has 0 saturated carbocycles. The van der Waals surface area contributed by atoms with Crippen molar-refractivity contribution in [3.05, 3.63) is 0 Å². The SMILES string of the molecule is CNC(=O)[C@H](CCCCN)NCP(=O)(O)O. The molecule has 0 aromatic heterocycles. The molecule has 1 amide bonds. The highest BCUT2D eigenvalue weighted by molar-refractivity contribution is 7.51. The Morgan fingerprint density at radius 2 is 2.06 bits per heavy atom. The fourth-order valence-electron chi connectivity index (χ4n) is 1.22. The molecule has 7 nitrogen and oxygen atoms in total. The Bertz CT molecular complexity index is 256. The van der Waals surface area contributed by atoms with Crippen LogP contribution in [0.4, 0.5) is 0 Å². The highest BCUT2D eigenvalue weighted by Crippen LogP contribution is 2.32. The van der Waals surface area contributed by atoms with Crippen molar-refractivity contribution in [3.63, 3.8) is 0 Å². The lowest BCUT2D eigenvalue weighted by Crippen LogP contribution is -2.43. The Balaban J connectivity index is 4.11. The summed E-state index contributed by atoms with van der Waals surface area (Å²) >= 11 is 0. The van der Waals surface area contributed by atoms with Crippen LogP contribution in [0.25, 0.3) is 0 Å². The molecule has 0 bridgehead atoms. The summed E-state index contributed by atoms with van der Waals surface area (Å²) in [4.78, 5) is 28.7. The number of carbonyl (C=O) groups excluding carboxylic acids is 1. The summed E-state index contributed by atoms with van der Waals surface area (Å²) in [7, 11) is -2.64. The van der Waals surface area contributed by atoms with Crippen LogP contribution in [0.5, 0.6) is 0 Å². The van der Waals surface area contributed by atoms with Crippen molar-refractivity contribution in [2.24, 2.45) is 5.73 Å². The van der Waals surface area contributed by atoms with Crippen LogP contribution in [-0.2, 0) is 9.36 Å². The average Bonchev–Trinajstić information content (AvgIpc) is 2.20. The fourth-order valence-corrected chi connectivity index (χ4v) is 1.68. The van der Waals surface area contributed by atoms with Crippen molar-refractivity contribution in [2.75, 3.05) is 19.9 Å². The number of nitrogens with two attached hydrogens (primary N) is 1. The standard InChI is InChI=1S/C8H20N3O4P/c1-10-8(12)7(4-2-3-5-9)11-6-16(13,14)15/h7,11H,2-6,9H2,1H3,(H,10,12)(H2,13,14,15)/t7-/m0/s1. The van der Waals surface area contributed by atoms with E-state index in [1.807, 2.05) is 0 Å². The number of unbranched alkanes of at least 4 members (excludes halogenated alkanes) is 1. The summed E-state index contributed by atoms with van der Waals surface area (Å²) in [6, 6.07) is -0.579. The van der Waals surface area contributed by atoms with E-state index < -0.39 is 19.9 Å². The summed E-state index contributed by atoms with van der Waals surface area (Å²) < 4.78 is 10.7. The van der Waals surface area contributed by atoms with Crippen molar-refractivity contribution in [3.8, 4) is 0 Å². The summed E-state index contributed by atoms with van der Waals surface area (Å²) in [5.74, 6) is -0.273. The molecule has 0 spiro atoms. The maximum Gasteiger partial charge on any atom is 0.339 e. The maximum atomic E-state index is 11.4. The minimum absolute atomic E-state index is 0.273. The number of hydrogen-bond donors (Lipinski definition) is 5. The number of amides is 1. The van der Waals surface area contributed by atoms with Gasteiger partial charge in [-0.2, -0.15) is 0 Å². The molecular weight excluding hydrogens is 233 g/mol. The average molecular weight is 253 g/mol. The number of carbonyl (C=O) groups is 1. The Kier molecular flexibility index (Phi) is 7.53. The predicted octanol–water partition coefficient (Wildman–Crippen LogP) is -1.05. The first kappa shape index (κ1) is 15.5. The highest BCUT2D eigenvalue weighted by Gasteiger charge is 2.20. The van der Waals surface area contributed by atoms with Gasteiger partial charge in [0.2, 0.25) is 5.91 Å². The third-order valence-corrected chi connectivity index (χ3v) is 2.65. The summed E-state index contributed by atoms with van der Waals surface area (Å²) in [6.45, 7) is 0.541. The molecule has 0 heterocycles. The molecule has 0 unspecified atom stereocenters. The second kappa shape index (κ2) is 7.76. The highest BCUT2D eigenvalue weighted by atomic mass is 31.2. The van der Waals surface area contributed by atoms with E-state index in [9.17, 15) is 9.36 Å². The molecule has 0 aliphatic rings. The van der Waals surface area contributed by atoms with E-state index in [2.05, 4.69) is 10.6 Å². The first-order valence-electron chi connectivity index (χ1n) is 5.10. The summed E-state index contributed by atoms with van der Waals surface area (Å²) in [6.07, 6.45) is 1.54. The van der Waals surface area contributed by atoms with Gasteiger partial charge in [0, 0.05) is 7.05 Å². The molecule has 6 N–H and O–H groups in total. The molecule has 0 fully saturated rings. The lowest BCUT2D eigenvalue weighted by atomic mass is 10.1. The van der Waals surface area contributed by atoms with Crippen molar-refractivity contribution in [1.29, 1.82) is 0 Å². The molecular formula is C8H20N3O4P. The maximum absolute atomic E-state index is 11.4. The molecule has 8 heteroatoms. The van der Waals surface area contributed by atoms with Gasteiger partial charge in [-0.05, 0) is 19.4 Å². The molecule has 0 aliphatic carbocycles. The van der Waals surface area contributed by atoms with Crippen LogP contribution in [0, 0.1) is 0 Å². The summed E-state index contributed by atoms with van der Waals surface area (Å²) in [5.41, 5.74) is 5.32. The van der Waals surface area contributed by atoms with Gasteiger partial charge in [-0.25, -0.2) is 0 Å². The zero-order chi connectivity index (χ0) is 12.6. The number of hydrogen-bond acceptors (Lipinski definition) is 4. The van der Waals surface area contributed by atoms with Gasteiger partial charge in [-0.3, -0.25) is 14.7 Å². The molecule has 0 aromatic rings. The molecule has 16 heavy (non-hydrogen) atoms. The number of nitrogens with one attached hydrogen (secondary N) is 2. The van der Waals surface area contributed by atoms with Crippen LogP contribution < -0.4 is 16.4 Å². The van der Waals surface area contributed by atoms with E-state index >= 15 is 0 Å². The van der Waals surface area contributed by atoms with E-state index in [0.29, 0.717) is 13.0 Å². The smallest absolute Gasteiger partial charge is 0.339 e. The zero-order valence-corrected chi connectivity index (χ0v) is 10.2. The van der Waals surface area contributed by atoms with Crippen LogP contribution in [0.15, 0.2) is 0 Å². The van der Waals surface area contributed by atoms with Gasteiger partial charge in [0.15, 0.2) is 0 Å². The third kappa shape index (κ3) is 7.78. The van der Waals surface area contributed by atoms with Crippen molar-refractivity contribution >= 4 is 13.5 Å². The molecule has 0 rings (SSSR count). The zero-order valence-electron chi connectivity index (χ0n) is 9.35. The van der Waals surface area contributed by atoms with Crippen molar-refractivity contribution in [1.82, 2.24) is 10.6 Å². The van der Waals surface area contributed by atoms with Gasteiger partial charge in [-0.15, -0.1) is 0 Å². The first-order valence-corrected chi connectivity index (χ1v) is 6.90. The Morgan fingerprint density at radius 3 is 2.50 bits per heavy atom. The predicted molar refractivity (Wildman–Crippen MR) is 60.8 cm³/mol. The molecule has 0 aliphatic heterocycles. The molecule has 0 radical (unpaired) electrons. The second-order valence-electron chi connectivity index (χ2n) is 3.48. The largest absolute Gasteiger partial charge is 0.358 e. The van der Waals surface area contributed by atoms with Gasteiger partial charge in [0.1, 0.15) is 0 Å². The summed E-state index contributed by atoms with van der Waals surface area (Å²) in [5, 5.41) is 5.00. The Morgan fingerprint density at radius 1 is 1.44 bits per heavy atom. The van der Waals surface area contributed by atoms with Crippen LogP contribution in [-0.4, -0.2) is 41.6 Å². The van der Waals surface area contributed by atoms with Gasteiger partial charge in [-0.1, -0.05) is 6.42 Å². The van der Waals surface area contributed by atoms with E-state index in [0.717, 1.165) is 12.8 Å². The van der Waals surface area contributed by atoms with E-state index in [1.54, 1.807) is 0 Å². The number of likely N-dealkylation sites (N-methyl/N-ethyl adjacent to an activating group) is 1. The minimum atomic E-state index is -4.12. The van der Waals surface area contributed by atoms with Crippen molar-refractivity contribution in [2.45, 2.75) is 25.3 Å². The monoisotopic (exact) mass is 253 g/mol. The second-order valence-corrected chi connectivity index (χ2v) is 5.12. The number of rotatable bonds is 8. The van der Waals surface area contributed by atoms with Gasteiger partial charge in [0.25, 0.3) is 0 Å². The van der Waals surface area contributed by atoms with Crippen LogP contribution in [0.2, 0.25) is 0 Å². The Labute approximate surface area is 94.9 Å². The first-order chi connectivity index (χ1) is 7.40. The molecule has 0 saturated heterocycles. The van der Waals surface area contributed by atoms with Gasteiger partial charge < -0.3 is 20.8 Å². The quantitative estimate of drug-likeness (QED) is 0.278. The molecule has 96 valence electrons. The van der Waals surface area contributed by atoms with E-state index in [1.165, 1.54) is 7.05 Å². The lowest BCUT2D eigenvalue weighted by molar-refractivity contribution is -0.122. The van der Waals surface area contributed by atoms with Gasteiger partial charge >= 0.3 is 7.60 Å². The molecule has 0 aromatic carbocycles. The van der Waals surface area contributed by atoms with Crippen LogP contribution >= 0.6 is 7.60 Å². The lowest BCUT2D eigenvalue weighted by Gasteiger charge is -2.17. The van der Waals surface area contributed by atoms with Crippen molar-refractivity contribution < 1.29 is 19.1 Å².